The van der Waals surface area contributed by atoms with Gasteiger partial charge in [-0.25, -0.2) is 4.98 Å². The number of carbonyl (C=O) groups is 2. The van der Waals surface area contributed by atoms with Crippen LogP contribution in [0.5, 0.6) is 11.5 Å². The van der Waals surface area contributed by atoms with Crippen LogP contribution in [0.15, 0.2) is 60.8 Å². The van der Waals surface area contributed by atoms with Gasteiger partial charge < -0.3 is 20.4 Å². The van der Waals surface area contributed by atoms with Crippen molar-refractivity contribution in [1.29, 1.82) is 0 Å². The van der Waals surface area contributed by atoms with Gasteiger partial charge in [-0.15, -0.1) is 0 Å². The number of hydrogen-bond donors (Lipinski definition) is 3. The maximum Gasteiger partial charge on any atom is 0.237 e. The molecular weight excluding hydrogens is 406 g/mol. The minimum atomic E-state index is -0.527. The van der Waals surface area contributed by atoms with E-state index < -0.39 is 6.04 Å². The van der Waals surface area contributed by atoms with Gasteiger partial charge in [0.05, 0.1) is 19.0 Å². The zero-order valence-electron chi connectivity index (χ0n) is 18.0. The van der Waals surface area contributed by atoms with E-state index >= 15 is 0 Å². The lowest BCUT2D eigenvalue weighted by Gasteiger charge is -2.34. The van der Waals surface area contributed by atoms with Crippen molar-refractivity contribution < 1.29 is 14.3 Å². The first-order valence-electron chi connectivity index (χ1n) is 10.7. The van der Waals surface area contributed by atoms with Crippen LogP contribution in [0.2, 0.25) is 0 Å². The van der Waals surface area contributed by atoms with Crippen LogP contribution in [0.1, 0.15) is 23.5 Å². The molecule has 1 atom stereocenters. The summed E-state index contributed by atoms with van der Waals surface area (Å²) in [5.74, 6) is 1.88. The third-order valence-electron chi connectivity index (χ3n) is 5.29. The molecule has 0 saturated carbocycles. The lowest BCUT2D eigenvalue weighted by atomic mass is 10.1. The van der Waals surface area contributed by atoms with Gasteiger partial charge in [0.2, 0.25) is 11.8 Å². The Morgan fingerprint density at radius 1 is 1.19 bits per heavy atom. The van der Waals surface area contributed by atoms with Crippen LogP contribution in [-0.4, -0.2) is 45.8 Å². The number of amides is 2. The van der Waals surface area contributed by atoms with E-state index in [4.69, 9.17) is 4.74 Å². The number of aryl methyl sites for hydroxylation is 1. The number of imidazole rings is 1. The van der Waals surface area contributed by atoms with Crippen LogP contribution in [0, 0.1) is 6.92 Å². The molecule has 0 bridgehead atoms. The Morgan fingerprint density at radius 3 is 2.78 bits per heavy atom. The minimum Gasteiger partial charge on any atom is -0.457 e. The van der Waals surface area contributed by atoms with Crippen LogP contribution in [0.25, 0.3) is 0 Å². The molecule has 1 aliphatic heterocycles. The fourth-order valence-corrected chi connectivity index (χ4v) is 3.73. The number of carbonyl (C=O) groups excluding carboxylic acids is 2. The number of benzene rings is 2. The van der Waals surface area contributed by atoms with Crippen LogP contribution in [0.3, 0.4) is 0 Å². The number of hydrogen-bond acceptors (Lipinski definition) is 5. The summed E-state index contributed by atoms with van der Waals surface area (Å²) in [6.45, 7) is 3.99. The summed E-state index contributed by atoms with van der Waals surface area (Å²) >= 11 is 0. The number of rotatable bonds is 8. The number of piperazine rings is 1. The van der Waals surface area contributed by atoms with Crippen molar-refractivity contribution in [2.75, 3.05) is 13.1 Å². The number of H-pyrrole nitrogens is 1. The summed E-state index contributed by atoms with van der Waals surface area (Å²) in [5, 5.41) is 5.71. The molecule has 166 valence electrons. The first-order valence-corrected chi connectivity index (χ1v) is 10.7. The molecule has 3 N–H and O–H groups in total. The van der Waals surface area contributed by atoms with E-state index in [1.165, 1.54) is 0 Å². The molecule has 1 fully saturated rings. The molecule has 1 aliphatic rings. The molecule has 3 aromatic rings. The lowest BCUT2D eigenvalue weighted by Crippen LogP contribution is -2.56. The van der Waals surface area contributed by atoms with E-state index in [0.29, 0.717) is 32.0 Å². The number of aromatic amines is 1. The predicted octanol–water partition coefficient (Wildman–Crippen LogP) is 2.52. The second kappa shape index (κ2) is 10.1. The zero-order valence-corrected chi connectivity index (χ0v) is 18.0. The van der Waals surface area contributed by atoms with Gasteiger partial charge in [-0.2, -0.15) is 0 Å². The van der Waals surface area contributed by atoms with Gasteiger partial charge in [-0.3, -0.25) is 14.5 Å². The van der Waals surface area contributed by atoms with Crippen LogP contribution in [0.4, 0.5) is 0 Å². The molecule has 4 rings (SSSR count). The monoisotopic (exact) mass is 433 g/mol. The summed E-state index contributed by atoms with van der Waals surface area (Å²) in [6.07, 6.45) is 1.80. The Balaban J connectivity index is 1.38. The fraction of sp³-hybridized carbons (Fsp3) is 0.292. The topological polar surface area (TPSA) is 99.3 Å². The number of nitrogens with one attached hydrogen (secondary N) is 3. The smallest absolute Gasteiger partial charge is 0.237 e. The van der Waals surface area contributed by atoms with Crippen molar-refractivity contribution in [2.45, 2.75) is 32.5 Å². The fourth-order valence-electron chi connectivity index (χ4n) is 3.73. The van der Waals surface area contributed by atoms with E-state index in [1.807, 2.05) is 66.4 Å². The molecule has 0 radical (unpaired) electrons. The van der Waals surface area contributed by atoms with Crippen molar-refractivity contribution in [1.82, 2.24) is 25.5 Å². The van der Waals surface area contributed by atoms with Gasteiger partial charge in [-0.1, -0.05) is 30.3 Å². The largest absolute Gasteiger partial charge is 0.457 e. The van der Waals surface area contributed by atoms with Crippen LogP contribution < -0.4 is 15.4 Å². The predicted molar refractivity (Wildman–Crippen MR) is 120 cm³/mol. The highest BCUT2D eigenvalue weighted by atomic mass is 16.5. The van der Waals surface area contributed by atoms with Gasteiger partial charge in [-0.05, 0) is 36.8 Å². The molecule has 0 aliphatic carbocycles. The molecule has 8 heteroatoms. The van der Waals surface area contributed by atoms with Crippen molar-refractivity contribution >= 4 is 11.8 Å². The molecule has 32 heavy (non-hydrogen) atoms. The Morgan fingerprint density at radius 2 is 2.00 bits per heavy atom. The molecule has 1 unspecified atom stereocenters. The normalized spacial score (nSPS) is 16.4. The van der Waals surface area contributed by atoms with Gasteiger partial charge in [0, 0.05) is 31.5 Å². The highest BCUT2D eigenvalue weighted by molar-refractivity contribution is 5.88. The SMILES string of the molecule is Cc1cnc(CNC(=O)CC2C(=O)NCCN2Cc2cccc(Oc3ccccc3)c2)[nH]1. The number of ether oxygens (including phenoxy) is 1. The molecule has 2 aromatic carbocycles. The quantitative estimate of drug-likeness (QED) is 0.507. The third kappa shape index (κ3) is 5.73. The summed E-state index contributed by atoms with van der Waals surface area (Å²) in [4.78, 5) is 34.4. The molecule has 1 aromatic heterocycles. The van der Waals surface area contributed by atoms with Crippen molar-refractivity contribution in [3.05, 3.63) is 77.9 Å². The molecule has 1 saturated heterocycles. The van der Waals surface area contributed by atoms with E-state index in [1.54, 1.807) is 6.20 Å². The molecule has 2 heterocycles. The zero-order chi connectivity index (χ0) is 22.3. The van der Waals surface area contributed by atoms with Gasteiger partial charge in [0.25, 0.3) is 0 Å². The van der Waals surface area contributed by atoms with Crippen molar-refractivity contribution in [2.24, 2.45) is 0 Å². The van der Waals surface area contributed by atoms with Gasteiger partial charge in [0.1, 0.15) is 17.3 Å². The summed E-state index contributed by atoms with van der Waals surface area (Å²) in [7, 11) is 0. The molecule has 2 amide bonds. The van der Waals surface area contributed by atoms with E-state index in [9.17, 15) is 9.59 Å². The average molecular weight is 434 g/mol. The lowest BCUT2D eigenvalue weighted by molar-refractivity contribution is -0.134. The van der Waals surface area contributed by atoms with E-state index in [2.05, 4.69) is 20.6 Å². The Hall–Kier alpha value is -3.65. The van der Waals surface area contributed by atoms with Gasteiger partial charge >= 0.3 is 0 Å². The summed E-state index contributed by atoms with van der Waals surface area (Å²) in [6, 6.07) is 16.9. The number of nitrogens with zero attached hydrogens (tertiary/aromatic N) is 2. The highest BCUT2D eigenvalue weighted by Gasteiger charge is 2.31. The second-order valence-electron chi connectivity index (χ2n) is 7.83. The summed E-state index contributed by atoms with van der Waals surface area (Å²) < 4.78 is 5.93. The number of aromatic nitrogens is 2. The Labute approximate surface area is 187 Å². The van der Waals surface area contributed by atoms with Crippen molar-refractivity contribution in [3.8, 4) is 11.5 Å². The minimum absolute atomic E-state index is 0.0890. The van der Waals surface area contributed by atoms with Crippen LogP contribution in [-0.2, 0) is 22.7 Å². The maximum absolute atomic E-state index is 12.5. The average Bonchev–Trinajstić information content (AvgIpc) is 3.21. The van der Waals surface area contributed by atoms with Crippen molar-refractivity contribution in [3.63, 3.8) is 0 Å². The molecule has 8 nitrogen and oxygen atoms in total. The number of para-hydroxylation sites is 1. The second-order valence-corrected chi connectivity index (χ2v) is 7.83. The summed E-state index contributed by atoms with van der Waals surface area (Å²) in [5.41, 5.74) is 1.95. The highest BCUT2D eigenvalue weighted by Crippen LogP contribution is 2.23. The Bertz CT molecular complexity index is 1070. The first-order chi connectivity index (χ1) is 15.6. The first kappa shape index (κ1) is 21.6. The maximum atomic E-state index is 12.5. The standard InChI is InChI=1S/C24H27N5O3/c1-17-14-26-22(28-17)15-27-23(30)13-21-24(31)25-10-11-29(21)16-18-6-5-9-20(12-18)32-19-7-3-2-4-8-19/h2-9,12,14,21H,10-11,13,15-16H2,1H3,(H,25,31)(H,26,28)(H,27,30). The van der Waals surface area contributed by atoms with E-state index in [0.717, 1.165) is 22.8 Å². The van der Waals surface area contributed by atoms with Crippen LogP contribution >= 0.6 is 0 Å². The third-order valence-corrected chi connectivity index (χ3v) is 5.29. The Kier molecular flexibility index (Phi) is 6.81. The molecular formula is C24H27N5O3. The van der Waals surface area contributed by atoms with E-state index in [-0.39, 0.29) is 18.2 Å². The molecule has 0 spiro atoms. The van der Waals surface area contributed by atoms with Gasteiger partial charge in [0.15, 0.2) is 0 Å².